The number of ether oxygens (including phenoxy) is 2. The molecule has 0 aliphatic carbocycles. The molecular weight excluding hydrogens is 334 g/mol. The summed E-state index contributed by atoms with van der Waals surface area (Å²) in [6.45, 7) is 0. The quantitative estimate of drug-likeness (QED) is 0.755. The number of hydrogen-bond donors (Lipinski definition) is 2. The van der Waals surface area contributed by atoms with E-state index in [1.165, 1.54) is 0 Å². The van der Waals surface area contributed by atoms with Crippen LogP contribution in [0.25, 0.3) is 0 Å². The molecule has 1 amide bonds. The van der Waals surface area contributed by atoms with Crippen LogP contribution in [0.3, 0.4) is 0 Å². The second kappa shape index (κ2) is 11.5. The van der Waals surface area contributed by atoms with Crippen LogP contribution in [0.2, 0.25) is 0 Å². The third-order valence-electron chi connectivity index (χ3n) is 3.56. The number of hydrogen-bond acceptors (Lipinski definition) is 4. The van der Waals surface area contributed by atoms with E-state index in [9.17, 15) is 9.59 Å². The van der Waals surface area contributed by atoms with Crippen LogP contribution in [0, 0.1) is 0 Å². The van der Waals surface area contributed by atoms with E-state index in [-0.39, 0.29) is 12.3 Å². The molecule has 140 valence electrons. The van der Waals surface area contributed by atoms with Crippen LogP contribution in [0.1, 0.15) is 24.0 Å². The predicted octanol–water partition coefficient (Wildman–Crippen LogP) is 2.83. The Bertz CT molecular complexity index is 653. The Morgan fingerprint density at radius 2 is 1.35 bits per heavy atom. The van der Waals surface area contributed by atoms with Crippen molar-refractivity contribution >= 4 is 11.9 Å². The van der Waals surface area contributed by atoms with Gasteiger partial charge < -0.3 is 20.3 Å². The molecule has 0 saturated carbocycles. The van der Waals surface area contributed by atoms with Crippen molar-refractivity contribution in [1.29, 1.82) is 0 Å². The van der Waals surface area contributed by atoms with Crippen molar-refractivity contribution in [2.75, 3.05) is 14.2 Å². The van der Waals surface area contributed by atoms with Crippen molar-refractivity contribution in [3.8, 4) is 11.5 Å². The van der Waals surface area contributed by atoms with Crippen LogP contribution in [0.4, 0.5) is 0 Å². The average molecular weight is 359 g/mol. The van der Waals surface area contributed by atoms with Gasteiger partial charge in [0.25, 0.3) is 0 Å². The summed E-state index contributed by atoms with van der Waals surface area (Å²) >= 11 is 0. The fourth-order valence-corrected chi connectivity index (χ4v) is 2.17. The van der Waals surface area contributed by atoms with Crippen LogP contribution in [-0.2, 0) is 22.4 Å². The summed E-state index contributed by atoms with van der Waals surface area (Å²) in [7, 11) is 3.21. The topological polar surface area (TPSA) is 98.8 Å². The van der Waals surface area contributed by atoms with Gasteiger partial charge in [0.1, 0.15) is 11.5 Å². The predicted molar refractivity (Wildman–Crippen MR) is 99.5 cm³/mol. The molecule has 2 aromatic rings. The average Bonchev–Trinajstić information content (AvgIpc) is 2.65. The summed E-state index contributed by atoms with van der Waals surface area (Å²) in [6, 6.07) is 15.1. The first-order chi connectivity index (χ1) is 12.4. The molecule has 2 rings (SSSR count). The van der Waals surface area contributed by atoms with E-state index in [4.69, 9.17) is 20.3 Å². The lowest BCUT2D eigenvalue weighted by atomic mass is 10.1. The zero-order chi connectivity index (χ0) is 19.4. The monoisotopic (exact) mass is 359 g/mol. The van der Waals surface area contributed by atoms with Crippen LogP contribution in [0.5, 0.6) is 11.5 Å². The van der Waals surface area contributed by atoms with Gasteiger partial charge in [-0.25, -0.2) is 0 Å². The Morgan fingerprint density at radius 1 is 0.885 bits per heavy atom. The smallest absolute Gasteiger partial charge is 0.303 e. The number of methoxy groups -OCH3 is 2. The number of nitrogens with two attached hydrogens (primary N) is 1. The number of amides is 1. The van der Waals surface area contributed by atoms with Gasteiger partial charge in [0.2, 0.25) is 5.91 Å². The number of aryl methyl sites for hydroxylation is 2. The molecule has 0 aliphatic heterocycles. The van der Waals surface area contributed by atoms with E-state index in [0.717, 1.165) is 22.6 Å². The van der Waals surface area contributed by atoms with Gasteiger partial charge >= 0.3 is 5.97 Å². The third-order valence-corrected chi connectivity index (χ3v) is 3.56. The Kier molecular flexibility index (Phi) is 9.31. The SMILES string of the molecule is COc1cccc(CCC(=O)O)c1.COc1cccc(CCC(N)=O)c1. The maximum Gasteiger partial charge on any atom is 0.303 e. The summed E-state index contributed by atoms with van der Waals surface area (Å²) in [5.41, 5.74) is 7.10. The molecule has 0 heterocycles. The molecular formula is C20H25NO5. The molecule has 26 heavy (non-hydrogen) atoms. The van der Waals surface area contributed by atoms with E-state index in [0.29, 0.717) is 19.3 Å². The maximum atomic E-state index is 10.5. The molecule has 0 aliphatic rings. The van der Waals surface area contributed by atoms with Gasteiger partial charge in [0.05, 0.1) is 14.2 Å². The van der Waals surface area contributed by atoms with E-state index in [2.05, 4.69) is 0 Å². The van der Waals surface area contributed by atoms with Crippen molar-refractivity contribution < 1.29 is 24.2 Å². The lowest BCUT2D eigenvalue weighted by molar-refractivity contribution is -0.137. The number of rotatable bonds is 8. The van der Waals surface area contributed by atoms with E-state index in [1.807, 2.05) is 48.5 Å². The Hall–Kier alpha value is -3.02. The summed E-state index contributed by atoms with van der Waals surface area (Å²) < 4.78 is 10.1. The van der Waals surface area contributed by atoms with E-state index < -0.39 is 5.97 Å². The zero-order valence-electron chi connectivity index (χ0n) is 15.1. The molecule has 3 N–H and O–H groups in total. The maximum absolute atomic E-state index is 10.5. The molecule has 0 radical (unpaired) electrons. The van der Waals surface area contributed by atoms with Crippen LogP contribution in [0.15, 0.2) is 48.5 Å². The second-order valence-electron chi connectivity index (χ2n) is 5.56. The number of primary amides is 1. The highest BCUT2D eigenvalue weighted by Gasteiger charge is 2.00. The second-order valence-corrected chi connectivity index (χ2v) is 5.56. The minimum absolute atomic E-state index is 0.160. The lowest BCUT2D eigenvalue weighted by Crippen LogP contribution is -2.11. The Balaban J connectivity index is 0.000000260. The van der Waals surface area contributed by atoms with Gasteiger partial charge in [-0.3, -0.25) is 9.59 Å². The number of carboxylic acid groups (broad SMARTS) is 1. The Labute approximate surface area is 153 Å². The van der Waals surface area contributed by atoms with Gasteiger partial charge in [-0.05, 0) is 48.2 Å². The molecule has 0 fully saturated rings. The van der Waals surface area contributed by atoms with Crippen molar-refractivity contribution in [2.45, 2.75) is 25.7 Å². The lowest BCUT2D eigenvalue weighted by Gasteiger charge is -2.02. The summed E-state index contributed by atoms with van der Waals surface area (Å²) in [5.74, 6) is 0.524. The first-order valence-corrected chi connectivity index (χ1v) is 8.20. The van der Waals surface area contributed by atoms with Gasteiger partial charge in [-0.1, -0.05) is 24.3 Å². The van der Waals surface area contributed by atoms with E-state index in [1.54, 1.807) is 14.2 Å². The van der Waals surface area contributed by atoms with Crippen molar-refractivity contribution in [3.05, 3.63) is 59.7 Å². The number of carbonyl (C=O) groups excluding carboxylic acids is 1. The van der Waals surface area contributed by atoms with Gasteiger partial charge in [0.15, 0.2) is 0 Å². The minimum Gasteiger partial charge on any atom is -0.497 e. The molecule has 0 unspecified atom stereocenters. The highest BCUT2D eigenvalue weighted by atomic mass is 16.5. The van der Waals surface area contributed by atoms with Gasteiger partial charge in [-0.15, -0.1) is 0 Å². The largest absolute Gasteiger partial charge is 0.497 e. The first-order valence-electron chi connectivity index (χ1n) is 8.20. The van der Waals surface area contributed by atoms with Crippen molar-refractivity contribution in [1.82, 2.24) is 0 Å². The molecule has 0 aromatic heterocycles. The molecule has 6 heteroatoms. The first kappa shape index (κ1) is 21.0. The van der Waals surface area contributed by atoms with Crippen molar-refractivity contribution in [2.24, 2.45) is 5.73 Å². The zero-order valence-corrected chi connectivity index (χ0v) is 15.1. The number of carbonyl (C=O) groups is 2. The summed E-state index contributed by atoms with van der Waals surface area (Å²) in [5, 5.41) is 8.47. The fraction of sp³-hybridized carbons (Fsp3) is 0.300. The third kappa shape index (κ3) is 8.73. The molecule has 6 nitrogen and oxygen atoms in total. The van der Waals surface area contributed by atoms with Crippen LogP contribution < -0.4 is 15.2 Å². The summed E-state index contributed by atoms with van der Waals surface area (Å²) in [6.07, 6.45) is 1.76. The Morgan fingerprint density at radius 3 is 1.73 bits per heavy atom. The highest BCUT2D eigenvalue weighted by molar-refractivity contribution is 5.74. The fourth-order valence-electron chi connectivity index (χ4n) is 2.17. The molecule has 0 saturated heterocycles. The van der Waals surface area contributed by atoms with E-state index >= 15 is 0 Å². The molecule has 0 bridgehead atoms. The standard InChI is InChI=1S/C10H13NO2.C10H12O3/c2*1-13-9-4-2-3-8(7-9)5-6-10(11)12/h2-4,7H,5-6H2,1H3,(H2,11,12);2-4,7H,5-6H2,1H3,(H,11,12). The molecule has 0 spiro atoms. The number of benzene rings is 2. The highest BCUT2D eigenvalue weighted by Crippen LogP contribution is 2.14. The number of aliphatic carboxylic acids is 1. The normalized spacial score (nSPS) is 9.62. The van der Waals surface area contributed by atoms with Gasteiger partial charge in [-0.2, -0.15) is 0 Å². The van der Waals surface area contributed by atoms with Crippen LogP contribution >= 0.6 is 0 Å². The summed E-state index contributed by atoms with van der Waals surface area (Å²) in [4.78, 5) is 20.8. The molecule has 0 atom stereocenters. The van der Waals surface area contributed by atoms with Crippen molar-refractivity contribution in [3.63, 3.8) is 0 Å². The molecule has 2 aromatic carbocycles. The van der Waals surface area contributed by atoms with Gasteiger partial charge in [0, 0.05) is 12.8 Å². The van der Waals surface area contributed by atoms with Crippen LogP contribution in [-0.4, -0.2) is 31.2 Å². The number of carboxylic acids is 1. The minimum atomic E-state index is -0.775.